The number of nitrogens with one attached hydrogen (secondary N) is 2. The molecule has 0 saturated heterocycles. The average molecular weight is 370 g/mol. The first-order chi connectivity index (χ1) is 13.7. The minimum Gasteiger partial charge on any atom is -0.372 e. The molecule has 6 heteroatoms. The highest BCUT2D eigenvalue weighted by Crippen LogP contribution is 2.35. The van der Waals surface area contributed by atoms with Crippen molar-refractivity contribution in [2.24, 2.45) is 0 Å². The average Bonchev–Trinajstić information content (AvgIpc) is 3.20. The number of aromatic nitrogens is 4. The van der Waals surface area contributed by atoms with Crippen LogP contribution in [0.15, 0.2) is 54.7 Å². The fourth-order valence-corrected chi connectivity index (χ4v) is 4.08. The van der Waals surface area contributed by atoms with Gasteiger partial charge in [-0.1, -0.05) is 24.3 Å². The van der Waals surface area contributed by atoms with Crippen molar-refractivity contribution in [2.75, 3.05) is 26.0 Å². The summed E-state index contributed by atoms with van der Waals surface area (Å²) < 4.78 is 0. The summed E-state index contributed by atoms with van der Waals surface area (Å²) in [4.78, 5) is 2.38. The molecule has 1 aliphatic heterocycles. The van der Waals surface area contributed by atoms with Gasteiger partial charge in [-0.05, 0) is 48.0 Å². The van der Waals surface area contributed by atoms with Crippen molar-refractivity contribution in [2.45, 2.75) is 12.5 Å². The molecule has 0 fully saturated rings. The summed E-state index contributed by atoms with van der Waals surface area (Å²) in [6.45, 7) is 1.94. The Morgan fingerprint density at radius 2 is 2.00 bits per heavy atom. The van der Waals surface area contributed by atoms with Gasteiger partial charge in [-0.2, -0.15) is 5.10 Å². The third-order valence-electron chi connectivity index (χ3n) is 5.54. The highest BCUT2D eigenvalue weighted by atomic mass is 15.2. The smallest absolute Gasteiger partial charge is 0.148 e. The number of fused-ring (bicyclic) bond motifs is 2. The molecule has 3 heterocycles. The molecule has 140 valence electrons. The van der Waals surface area contributed by atoms with E-state index in [1.54, 1.807) is 0 Å². The molecular weight excluding hydrogens is 348 g/mol. The van der Waals surface area contributed by atoms with Gasteiger partial charge in [0.1, 0.15) is 5.82 Å². The normalized spacial score (nSPS) is 16.9. The summed E-state index contributed by atoms with van der Waals surface area (Å²) in [5.41, 5.74) is 7.14. The number of hydrogen-bond acceptors (Lipinski definition) is 5. The molecule has 0 aliphatic carbocycles. The predicted molar refractivity (Wildman–Crippen MR) is 111 cm³/mol. The lowest BCUT2D eigenvalue weighted by molar-refractivity contribution is 0.295. The lowest BCUT2D eigenvalue weighted by atomic mass is 9.83. The molecule has 0 radical (unpaired) electrons. The van der Waals surface area contributed by atoms with Gasteiger partial charge in [0.25, 0.3) is 0 Å². The van der Waals surface area contributed by atoms with E-state index in [1.165, 1.54) is 16.7 Å². The first-order valence-corrected chi connectivity index (χ1v) is 9.47. The Labute approximate surface area is 163 Å². The molecular formula is C22H22N6. The van der Waals surface area contributed by atoms with E-state index in [0.717, 1.165) is 41.1 Å². The second-order valence-electron chi connectivity index (χ2n) is 7.43. The predicted octanol–water partition coefficient (Wildman–Crippen LogP) is 3.64. The minimum absolute atomic E-state index is 0.341. The van der Waals surface area contributed by atoms with Crippen LogP contribution in [0.3, 0.4) is 0 Å². The molecule has 2 aromatic carbocycles. The monoisotopic (exact) mass is 370 g/mol. The minimum atomic E-state index is 0.341. The summed E-state index contributed by atoms with van der Waals surface area (Å²) in [5.74, 6) is 1.11. The Bertz CT molecular complexity index is 1130. The number of likely N-dealkylation sites (N-methyl/N-ethyl adjacent to an activating group) is 1. The standard InChI is InChI=1S/C22H22N6/c1-23-22-8-7-20(26-27-22)15-5-6-18-17(9-15)12-28(2)13-19(18)14-3-4-16-11-24-25-21(16)10-14/h3-11,19H,12-13H2,1-2H3,(H,23,27)(H,24,25). The maximum Gasteiger partial charge on any atom is 0.148 e. The van der Waals surface area contributed by atoms with Crippen molar-refractivity contribution >= 4 is 16.7 Å². The Balaban J connectivity index is 1.54. The molecule has 2 aromatic heterocycles. The van der Waals surface area contributed by atoms with E-state index >= 15 is 0 Å². The zero-order valence-corrected chi connectivity index (χ0v) is 16.0. The first-order valence-electron chi connectivity index (χ1n) is 9.47. The molecule has 1 unspecified atom stereocenters. The Morgan fingerprint density at radius 1 is 1.07 bits per heavy atom. The zero-order valence-electron chi connectivity index (χ0n) is 16.0. The van der Waals surface area contributed by atoms with Gasteiger partial charge < -0.3 is 10.2 Å². The number of aromatic amines is 1. The van der Waals surface area contributed by atoms with Crippen LogP contribution in [0, 0.1) is 0 Å². The third kappa shape index (κ3) is 2.92. The molecule has 0 spiro atoms. The van der Waals surface area contributed by atoms with Gasteiger partial charge in [0.15, 0.2) is 0 Å². The van der Waals surface area contributed by atoms with Gasteiger partial charge >= 0.3 is 0 Å². The Morgan fingerprint density at radius 3 is 2.82 bits per heavy atom. The van der Waals surface area contributed by atoms with Crippen LogP contribution in [0.1, 0.15) is 22.6 Å². The van der Waals surface area contributed by atoms with Crippen LogP contribution in [0.2, 0.25) is 0 Å². The maximum atomic E-state index is 4.36. The van der Waals surface area contributed by atoms with E-state index in [0.29, 0.717) is 5.92 Å². The fraction of sp³-hybridized carbons (Fsp3) is 0.227. The van der Waals surface area contributed by atoms with Gasteiger partial charge in [0.05, 0.1) is 17.4 Å². The number of nitrogens with zero attached hydrogens (tertiary/aromatic N) is 4. The Kier molecular flexibility index (Phi) is 4.06. The molecule has 0 amide bonds. The number of rotatable bonds is 3. The number of hydrogen-bond donors (Lipinski definition) is 2. The maximum absolute atomic E-state index is 4.36. The summed E-state index contributed by atoms with van der Waals surface area (Å²) in [5, 5.41) is 20.0. The zero-order chi connectivity index (χ0) is 19.1. The largest absolute Gasteiger partial charge is 0.372 e. The quantitative estimate of drug-likeness (QED) is 0.576. The van der Waals surface area contributed by atoms with E-state index in [4.69, 9.17) is 0 Å². The van der Waals surface area contributed by atoms with Gasteiger partial charge in [-0.25, -0.2) is 0 Å². The van der Waals surface area contributed by atoms with Crippen LogP contribution >= 0.6 is 0 Å². The van der Waals surface area contributed by atoms with E-state index < -0.39 is 0 Å². The van der Waals surface area contributed by atoms with E-state index in [1.807, 2.05) is 25.4 Å². The van der Waals surface area contributed by atoms with Crippen molar-refractivity contribution in [3.8, 4) is 11.3 Å². The van der Waals surface area contributed by atoms with Crippen molar-refractivity contribution in [1.29, 1.82) is 0 Å². The fourth-order valence-electron chi connectivity index (χ4n) is 4.08. The second-order valence-corrected chi connectivity index (χ2v) is 7.43. The molecule has 2 N–H and O–H groups in total. The van der Waals surface area contributed by atoms with E-state index in [2.05, 4.69) is 74.1 Å². The van der Waals surface area contributed by atoms with Crippen molar-refractivity contribution in [1.82, 2.24) is 25.3 Å². The van der Waals surface area contributed by atoms with Crippen LogP contribution in [-0.4, -0.2) is 45.9 Å². The lowest BCUT2D eigenvalue weighted by Gasteiger charge is -2.33. The molecule has 4 aromatic rings. The molecule has 1 aliphatic rings. The van der Waals surface area contributed by atoms with Crippen LogP contribution in [-0.2, 0) is 6.54 Å². The van der Waals surface area contributed by atoms with Gasteiger partial charge in [-0.3, -0.25) is 5.10 Å². The van der Waals surface area contributed by atoms with Gasteiger partial charge in [0.2, 0.25) is 0 Å². The molecule has 0 bridgehead atoms. The first kappa shape index (κ1) is 16.9. The highest BCUT2D eigenvalue weighted by Gasteiger charge is 2.25. The highest BCUT2D eigenvalue weighted by molar-refractivity contribution is 5.78. The summed E-state index contributed by atoms with van der Waals surface area (Å²) >= 11 is 0. The summed E-state index contributed by atoms with van der Waals surface area (Å²) in [7, 11) is 4.03. The van der Waals surface area contributed by atoms with Gasteiger partial charge in [-0.15, -0.1) is 10.2 Å². The van der Waals surface area contributed by atoms with E-state index in [9.17, 15) is 0 Å². The van der Waals surface area contributed by atoms with E-state index in [-0.39, 0.29) is 0 Å². The number of H-pyrrole nitrogens is 1. The van der Waals surface area contributed by atoms with Crippen LogP contribution in [0.4, 0.5) is 5.82 Å². The molecule has 28 heavy (non-hydrogen) atoms. The topological polar surface area (TPSA) is 69.7 Å². The number of anilines is 1. The molecule has 0 saturated carbocycles. The molecule has 5 rings (SSSR count). The lowest BCUT2D eigenvalue weighted by Crippen LogP contribution is -2.31. The second kappa shape index (κ2) is 6.73. The summed E-state index contributed by atoms with van der Waals surface area (Å²) in [6, 6.07) is 17.2. The van der Waals surface area contributed by atoms with Gasteiger partial charge in [0, 0.05) is 37.0 Å². The SMILES string of the molecule is CNc1ccc(-c2ccc3c(c2)CN(C)CC3c2ccc3cn[nH]c3c2)nn1. The van der Waals surface area contributed by atoms with Crippen LogP contribution < -0.4 is 5.32 Å². The molecule has 1 atom stereocenters. The van der Waals surface area contributed by atoms with Crippen molar-refractivity contribution in [3.05, 3.63) is 71.4 Å². The van der Waals surface area contributed by atoms with Crippen molar-refractivity contribution < 1.29 is 0 Å². The Hall–Kier alpha value is -3.25. The number of benzene rings is 2. The summed E-state index contributed by atoms with van der Waals surface area (Å²) in [6.07, 6.45) is 1.87. The van der Waals surface area contributed by atoms with Crippen LogP contribution in [0.25, 0.3) is 22.2 Å². The third-order valence-corrected chi connectivity index (χ3v) is 5.54. The van der Waals surface area contributed by atoms with Crippen molar-refractivity contribution in [3.63, 3.8) is 0 Å². The molecule has 6 nitrogen and oxygen atoms in total. The van der Waals surface area contributed by atoms with Crippen LogP contribution in [0.5, 0.6) is 0 Å².